The molecule has 1 saturated heterocycles. The Balaban J connectivity index is 1.94. The zero-order chi connectivity index (χ0) is 19.9. The zero-order valence-corrected chi connectivity index (χ0v) is 16.3. The highest BCUT2D eigenvalue weighted by atomic mass is 19.1. The van der Waals surface area contributed by atoms with Crippen molar-refractivity contribution in [2.24, 2.45) is 0 Å². The Hall–Kier alpha value is -2.28. The van der Waals surface area contributed by atoms with E-state index < -0.39 is 6.10 Å². The van der Waals surface area contributed by atoms with Gasteiger partial charge in [-0.3, -0.25) is 4.79 Å². The van der Waals surface area contributed by atoms with Crippen LogP contribution >= 0.6 is 0 Å². The maximum atomic E-state index is 14.9. The molecule has 0 saturated carbocycles. The first-order chi connectivity index (χ1) is 13.6. The molecule has 0 bridgehead atoms. The molecule has 1 aliphatic rings. The van der Waals surface area contributed by atoms with Crippen molar-refractivity contribution in [1.29, 1.82) is 0 Å². The van der Waals surface area contributed by atoms with Crippen LogP contribution in [0.2, 0.25) is 0 Å². The van der Waals surface area contributed by atoms with E-state index in [2.05, 4.69) is 10.6 Å². The van der Waals surface area contributed by atoms with Gasteiger partial charge in [0.1, 0.15) is 18.0 Å². The van der Waals surface area contributed by atoms with Crippen molar-refractivity contribution in [2.45, 2.75) is 26.1 Å². The van der Waals surface area contributed by atoms with E-state index in [1.165, 1.54) is 13.0 Å². The monoisotopic (exact) mass is 386 g/mol. The molecule has 0 aliphatic carbocycles. The number of morpholine rings is 1. The van der Waals surface area contributed by atoms with E-state index in [0.29, 0.717) is 31.9 Å². The highest BCUT2D eigenvalue weighted by Crippen LogP contribution is 2.35. The number of hydrogen-bond acceptors (Lipinski definition) is 4. The topological polar surface area (TPSA) is 59.6 Å². The highest BCUT2D eigenvalue weighted by molar-refractivity contribution is 5.72. The molecular formula is C22H27FN2O3. The minimum Gasteiger partial charge on any atom is -0.372 e. The third kappa shape index (κ3) is 5.16. The van der Waals surface area contributed by atoms with Crippen molar-refractivity contribution >= 4 is 5.91 Å². The Labute approximate surface area is 165 Å². The third-order valence-electron chi connectivity index (χ3n) is 4.73. The minimum atomic E-state index is -0.451. The van der Waals surface area contributed by atoms with Crippen molar-refractivity contribution in [3.05, 3.63) is 59.4 Å². The summed E-state index contributed by atoms with van der Waals surface area (Å²) in [5.74, 6) is -0.399. The number of ether oxygens (including phenoxy) is 2. The van der Waals surface area contributed by atoms with Gasteiger partial charge in [-0.25, -0.2) is 4.39 Å². The summed E-state index contributed by atoms with van der Waals surface area (Å²) >= 11 is 0. The van der Waals surface area contributed by atoms with Crippen molar-refractivity contribution in [3.8, 4) is 11.1 Å². The molecule has 2 unspecified atom stereocenters. The standard InChI is InChI=1S/C22H27FN2O3/c1-15-5-3-6-17(13-15)21-18(7-4-8-19(21)23)22(20-14-24-9-11-27-20)28-12-10-25-16(2)26/h3-8,13,20,22,24H,9-12,14H2,1-2H3,(H,25,26). The Kier molecular flexibility index (Phi) is 7.14. The average molecular weight is 386 g/mol. The van der Waals surface area contributed by atoms with E-state index >= 15 is 0 Å². The number of benzene rings is 2. The van der Waals surface area contributed by atoms with Crippen molar-refractivity contribution in [2.75, 3.05) is 32.8 Å². The lowest BCUT2D eigenvalue weighted by Gasteiger charge is -2.32. The minimum absolute atomic E-state index is 0.109. The molecule has 1 fully saturated rings. The smallest absolute Gasteiger partial charge is 0.216 e. The summed E-state index contributed by atoms with van der Waals surface area (Å²) < 4.78 is 27.0. The van der Waals surface area contributed by atoms with Crippen molar-refractivity contribution in [1.82, 2.24) is 10.6 Å². The number of carbonyl (C=O) groups excluding carboxylic acids is 1. The lowest BCUT2D eigenvalue weighted by molar-refractivity contribution is -0.119. The van der Waals surface area contributed by atoms with Crippen LogP contribution in [0.1, 0.15) is 24.2 Å². The maximum Gasteiger partial charge on any atom is 0.216 e. The first kappa shape index (κ1) is 20.5. The summed E-state index contributed by atoms with van der Waals surface area (Å²) in [4.78, 5) is 11.1. The molecule has 1 amide bonds. The van der Waals surface area contributed by atoms with Gasteiger partial charge in [0.25, 0.3) is 0 Å². The second-order valence-corrected chi connectivity index (χ2v) is 6.96. The number of amides is 1. The van der Waals surface area contributed by atoms with E-state index in [4.69, 9.17) is 9.47 Å². The molecule has 28 heavy (non-hydrogen) atoms. The highest BCUT2D eigenvalue weighted by Gasteiger charge is 2.30. The van der Waals surface area contributed by atoms with Crippen LogP contribution in [0.25, 0.3) is 11.1 Å². The summed E-state index contributed by atoms with van der Waals surface area (Å²) in [6.45, 7) is 6.13. The van der Waals surface area contributed by atoms with Crippen LogP contribution in [-0.4, -0.2) is 44.9 Å². The second kappa shape index (κ2) is 9.78. The van der Waals surface area contributed by atoms with E-state index in [9.17, 15) is 9.18 Å². The number of rotatable bonds is 7. The largest absolute Gasteiger partial charge is 0.372 e. The number of hydrogen-bond donors (Lipinski definition) is 2. The summed E-state index contributed by atoms with van der Waals surface area (Å²) in [5, 5.41) is 6.03. The van der Waals surface area contributed by atoms with Gasteiger partial charge in [-0.1, -0.05) is 42.0 Å². The number of carbonyl (C=O) groups is 1. The molecule has 5 nitrogen and oxygen atoms in total. The second-order valence-electron chi connectivity index (χ2n) is 6.96. The van der Waals surface area contributed by atoms with Gasteiger partial charge in [-0.15, -0.1) is 0 Å². The molecule has 2 N–H and O–H groups in total. The van der Waals surface area contributed by atoms with Crippen LogP contribution in [0, 0.1) is 12.7 Å². The molecule has 150 valence electrons. The van der Waals surface area contributed by atoms with Crippen LogP contribution in [0.5, 0.6) is 0 Å². The summed E-state index contributed by atoms with van der Waals surface area (Å²) in [5.41, 5.74) is 3.16. The first-order valence-corrected chi connectivity index (χ1v) is 9.60. The molecule has 6 heteroatoms. The molecule has 0 spiro atoms. The normalized spacial score (nSPS) is 17.9. The molecule has 2 aromatic rings. The Morgan fingerprint density at radius 3 is 2.89 bits per heavy atom. The van der Waals surface area contributed by atoms with Crippen LogP contribution < -0.4 is 10.6 Å². The van der Waals surface area contributed by atoms with E-state index in [1.807, 2.05) is 37.3 Å². The Morgan fingerprint density at radius 1 is 1.36 bits per heavy atom. The fourth-order valence-electron chi connectivity index (χ4n) is 3.47. The quantitative estimate of drug-likeness (QED) is 0.719. The van der Waals surface area contributed by atoms with Gasteiger partial charge in [-0.05, 0) is 24.1 Å². The molecular weight excluding hydrogens is 359 g/mol. The lowest BCUT2D eigenvalue weighted by Crippen LogP contribution is -2.43. The van der Waals surface area contributed by atoms with E-state index in [-0.39, 0.29) is 17.8 Å². The van der Waals surface area contributed by atoms with E-state index in [0.717, 1.165) is 23.2 Å². The van der Waals surface area contributed by atoms with Gasteiger partial charge < -0.3 is 20.1 Å². The molecule has 2 atom stereocenters. The number of aryl methyl sites for hydroxylation is 1. The van der Waals surface area contributed by atoms with Gasteiger partial charge in [0.15, 0.2) is 0 Å². The maximum absolute atomic E-state index is 14.9. The van der Waals surface area contributed by atoms with Gasteiger partial charge in [0.05, 0.1) is 13.2 Å². The molecule has 3 rings (SSSR count). The molecule has 0 radical (unpaired) electrons. The summed E-state index contributed by atoms with van der Waals surface area (Å²) in [7, 11) is 0. The number of nitrogens with one attached hydrogen (secondary N) is 2. The van der Waals surface area contributed by atoms with Gasteiger partial charge in [0, 0.05) is 32.1 Å². The Bertz CT molecular complexity index is 806. The third-order valence-corrected chi connectivity index (χ3v) is 4.73. The average Bonchev–Trinajstić information content (AvgIpc) is 2.68. The van der Waals surface area contributed by atoms with Gasteiger partial charge >= 0.3 is 0 Å². The fraction of sp³-hybridized carbons (Fsp3) is 0.409. The molecule has 1 aliphatic heterocycles. The summed E-state index contributed by atoms with van der Waals surface area (Å²) in [6.07, 6.45) is -0.691. The van der Waals surface area contributed by atoms with Crippen LogP contribution in [-0.2, 0) is 14.3 Å². The first-order valence-electron chi connectivity index (χ1n) is 9.60. The van der Waals surface area contributed by atoms with Crippen molar-refractivity contribution in [3.63, 3.8) is 0 Å². The molecule has 2 aromatic carbocycles. The van der Waals surface area contributed by atoms with Gasteiger partial charge in [-0.2, -0.15) is 0 Å². The number of halogens is 1. The Morgan fingerprint density at radius 2 is 2.18 bits per heavy atom. The van der Waals surface area contributed by atoms with Crippen LogP contribution in [0.4, 0.5) is 4.39 Å². The van der Waals surface area contributed by atoms with Gasteiger partial charge in [0.2, 0.25) is 5.91 Å². The SMILES string of the molecule is CC(=O)NCCOC(c1cccc(F)c1-c1cccc(C)c1)C1CNCCO1. The lowest BCUT2D eigenvalue weighted by atomic mass is 9.92. The molecule has 0 aromatic heterocycles. The van der Waals surface area contributed by atoms with Crippen LogP contribution in [0.3, 0.4) is 0 Å². The van der Waals surface area contributed by atoms with E-state index in [1.54, 1.807) is 6.07 Å². The predicted molar refractivity (Wildman–Crippen MR) is 107 cm³/mol. The summed E-state index contributed by atoms with van der Waals surface area (Å²) in [6, 6.07) is 12.8. The molecule has 1 heterocycles. The zero-order valence-electron chi connectivity index (χ0n) is 16.3. The van der Waals surface area contributed by atoms with Crippen LogP contribution in [0.15, 0.2) is 42.5 Å². The van der Waals surface area contributed by atoms with Crippen molar-refractivity contribution < 1.29 is 18.7 Å². The predicted octanol–water partition coefficient (Wildman–Crippen LogP) is 2.98. The fourth-order valence-corrected chi connectivity index (χ4v) is 3.47.